The summed E-state index contributed by atoms with van der Waals surface area (Å²) in [6, 6.07) is 5.84. The molecule has 1 atom stereocenters. The minimum atomic E-state index is 0.00849. The summed E-state index contributed by atoms with van der Waals surface area (Å²) in [7, 11) is 1.86. The molecule has 1 rings (SSSR count). The van der Waals surface area contributed by atoms with Gasteiger partial charge in [0.15, 0.2) is 0 Å². The number of carbonyl (C=O) groups is 1. The average molecular weight is 314 g/mol. The number of anilines is 2. The van der Waals surface area contributed by atoms with E-state index in [9.17, 15) is 4.79 Å². The molecule has 0 aliphatic rings. The van der Waals surface area contributed by atoms with E-state index in [1.54, 1.807) is 0 Å². The monoisotopic (exact) mass is 313 g/mol. The lowest BCUT2D eigenvalue weighted by Gasteiger charge is -2.21. The number of rotatable bonds is 5. The van der Waals surface area contributed by atoms with Crippen molar-refractivity contribution in [3.63, 3.8) is 0 Å². The second kappa shape index (κ2) is 6.64. The second-order valence-corrected chi connectivity index (χ2v) is 5.35. The van der Waals surface area contributed by atoms with Crippen molar-refractivity contribution in [1.29, 1.82) is 0 Å². The highest BCUT2D eigenvalue weighted by Crippen LogP contribution is 2.25. The van der Waals surface area contributed by atoms with Crippen molar-refractivity contribution in [2.45, 2.75) is 26.3 Å². The maximum absolute atomic E-state index is 11.8. The third kappa shape index (κ3) is 4.22. The molecule has 0 radical (unpaired) electrons. The molecule has 0 saturated heterocycles. The summed E-state index contributed by atoms with van der Waals surface area (Å²) in [4.78, 5) is 13.6. The van der Waals surface area contributed by atoms with Crippen LogP contribution in [-0.4, -0.2) is 25.5 Å². The van der Waals surface area contributed by atoms with Crippen LogP contribution in [0.1, 0.15) is 20.3 Å². The number of likely N-dealkylation sites (N-methyl/N-ethyl adjacent to an activating group) is 1. The van der Waals surface area contributed by atoms with Gasteiger partial charge in [0.05, 0.1) is 17.9 Å². The molecular weight excluding hydrogens is 294 g/mol. The number of benzene rings is 1. The van der Waals surface area contributed by atoms with E-state index < -0.39 is 0 Å². The summed E-state index contributed by atoms with van der Waals surface area (Å²) in [5.74, 6) is 0.00849. The minimum absolute atomic E-state index is 0.00849. The molecule has 18 heavy (non-hydrogen) atoms. The van der Waals surface area contributed by atoms with Gasteiger partial charge in [-0.2, -0.15) is 0 Å². The van der Waals surface area contributed by atoms with Crippen LogP contribution in [0.5, 0.6) is 0 Å². The van der Waals surface area contributed by atoms with Crippen LogP contribution in [0.3, 0.4) is 0 Å². The van der Waals surface area contributed by atoms with E-state index in [1.807, 2.05) is 44.0 Å². The van der Waals surface area contributed by atoms with Gasteiger partial charge in [0.1, 0.15) is 0 Å². The largest absolute Gasteiger partial charge is 0.397 e. The van der Waals surface area contributed by atoms with E-state index in [0.717, 1.165) is 16.6 Å². The van der Waals surface area contributed by atoms with E-state index in [-0.39, 0.29) is 11.9 Å². The van der Waals surface area contributed by atoms with Crippen LogP contribution in [0.25, 0.3) is 0 Å². The van der Waals surface area contributed by atoms with Gasteiger partial charge in [0.2, 0.25) is 5.91 Å². The topological polar surface area (TPSA) is 58.4 Å². The molecule has 1 aromatic rings. The standard InChI is InChI=1S/C13H20BrN3O/c1-4-9(2)16-13(18)8-17(3)12-6-5-10(14)7-11(12)15/h5-7,9H,4,8,15H2,1-3H3,(H,16,18). The number of nitrogens with zero attached hydrogens (tertiary/aromatic N) is 1. The summed E-state index contributed by atoms with van der Waals surface area (Å²) in [6.45, 7) is 4.34. The average Bonchev–Trinajstić information content (AvgIpc) is 2.28. The maximum atomic E-state index is 11.8. The van der Waals surface area contributed by atoms with Crippen molar-refractivity contribution in [1.82, 2.24) is 5.32 Å². The summed E-state index contributed by atoms with van der Waals surface area (Å²) in [6.07, 6.45) is 0.926. The first-order valence-electron chi connectivity index (χ1n) is 5.99. The first-order valence-corrected chi connectivity index (χ1v) is 6.78. The summed E-state index contributed by atoms with van der Waals surface area (Å²) >= 11 is 3.36. The van der Waals surface area contributed by atoms with Crippen molar-refractivity contribution in [3.05, 3.63) is 22.7 Å². The molecule has 0 aliphatic heterocycles. The molecule has 0 saturated carbocycles. The number of halogens is 1. The molecule has 4 nitrogen and oxygen atoms in total. The number of amides is 1. The zero-order valence-electron chi connectivity index (χ0n) is 11.0. The van der Waals surface area contributed by atoms with Crippen molar-refractivity contribution in [3.8, 4) is 0 Å². The van der Waals surface area contributed by atoms with Crippen molar-refractivity contribution >= 4 is 33.2 Å². The number of nitrogen functional groups attached to an aromatic ring is 1. The van der Waals surface area contributed by atoms with Gasteiger partial charge in [0, 0.05) is 17.6 Å². The van der Waals surface area contributed by atoms with Gasteiger partial charge in [-0.15, -0.1) is 0 Å². The third-order valence-electron chi connectivity index (χ3n) is 2.80. The number of hydrogen-bond acceptors (Lipinski definition) is 3. The van der Waals surface area contributed by atoms with Crippen molar-refractivity contribution in [2.75, 3.05) is 24.2 Å². The van der Waals surface area contributed by atoms with Crippen LogP contribution in [-0.2, 0) is 4.79 Å². The maximum Gasteiger partial charge on any atom is 0.239 e. The van der Waals surface area contributed by atoms with Crippen molar-refractivity contribution < 1.29 is 4.79 Å². The third-order valence-corrected chi connectivity index (χ3v) is 3.29. The quantitative estimate of drug-likeness (QED) is 0.821. The fraction of sp³-hybridized carbons (Fsp3) is 0.462. The molecule has 0 heterocycles. The molecule has 5 heteroatoms. The lowest BCUT2D eigenvalue weighted by molar-refractivity contribution is -0.120. The molecular formula is C13H20BrN3O. The van der Waals surface area contributed by atoms with Gasteiger partial charge in [-0.25, -0.2) is 0 Å². The lowest BCUT2D eigenvalue weighted by Crippen LogP contribution is -2.39. The van der Waals surface area contributed by atoms with Gasteiger partial charge in [-0.3, -0.25) is 4.79 Å². The van der Waals surface area contributed by atoms with E-state index in [0.29, 0.717) is 12.2 Å². The minimum Gasteiger partial charge on any atom is -0.397 e. The molecule has 1 unspecified atom stereocenters. The predicted molar refractivity (Wildman–Crippen MR) is 79.7 cm³/mol. The molecule has 1 aromatic carbocycles. The van der Waals surface area contributed by atoms with E-state index in [4.69, 9.17) is 5.73 Å². The van der Waals surface area contributed by atoms with E-state index in [2.05, 4.69) is 21.2 Å². The van der Waals surface area contributed by atoms with Crippen LogP contribution in [0.2, 0.25) is 0 Å². The van der Waals surface area contributed by atoms with E-state index >= 15 is 0 Å². The Hall–Kier alpha value is -1.23. The predicted octanol–water partition coefficient (Wildman–Crippen LogP) is 2.38. The Balaban J connectivity index is 2.64. The van der Waals surface area contributed by atoms with Gasteiger partial charge in [-0.1, -0.05) is 22.9 Å². The first kappa shape index (κ1) is 14.8. The Morgan fingerprint density at radius 2 is 2.22 bits per heavy atom. The van der Waals surface area contributed by atoms with Gasteiger partial charge >= 0.3 is 0 Å². The Morgan fingerprint density at radius 1 is 1.56 bits per heavy atom. The van der Waals surface area contributed by atoms with Crippen molar-refractivity contribution in [2.24, 2.45) is 0 Å². The molecule has 0 spiro atoms. The Kier molecular flexibility index (Phi) is 5.47. The van der Waals surface area contributed by atoms with E-state index in [1.165, 1.54) is 0 Å². The molecule has 0 fully saturated rings. The SMILES string of the molecule is CCC(C)NC(=O)CN(C)c1ccc(Br)cc1N. The Morgan fingerprint density at radius 3 is 2.78 bits per heavy atom. The summed E-state index contributed by atoms with van der Waals surface area (Å²) in [5, 5.41) is 2.93. The van der Waals surface area contributed by atoms with Crippen LogP contribution >= 0.6 is 15.9 Å². The summed E-state index contributed by atoms with van der Waals surface area (Å²) in [5.41, 5.74) is 7.44. The molecule has 0 aromatic heterocycles. The highest BCUT2D eigenvalue weighted by molar-refractivity contribution is 9.10. The fourth-order valence-electron chi connectivity index (χ4n) is 1.60. The first-order chi connectivity index (χ1) is 8.43. The Labute approximate surface area is 117 Å². The zero-order chi connectivity index (χ0) is 13.7. The van der Waals surface area contributed by atoms with Gasteiger partial charge in [-0.05, 0) is 31.5 Å². The Bertz CT molecular complexity index is 423. The molecule has 3 N–H and O–H groups in total. The molecule has 1 amide bonds. The number of nitrogens with one attached hydrogen (secondary N) is 1. The fourth-order valence-corrected chi connectivity index (χ4v) is 1.97. The normalized spacial score (nSPS) is 12.0. The smallest absolute Gasteiger partial charge is 0.239 e. The number of nitrogens with two attached hydrogens (primary N) is 1. The van der Waals surface area contributed by atoms with Crippen LogP contribution < -0.4 is 16.0 Å². The lowest BCUT2D eigenvalue weighted by atomic mass is 10.2. The number of carbonyl (C=O) groups excluding carboxylic acids is 1. The molecule has 100 valence electrons. The molecule has 0 bridgehead atoms. The zero-order valence-corrected chi connectivity index (χ0v) is 12.6. The number of hydrogen-bond donors (Lipinski definition) is 2. The second-order valence-electron chi connectivity index (χ2n) is 4.44. The van der Waals surface area contributed by atoms with Gasteiger partial charge in [0.25, 0.3) is 0 Å². The molecule has 0 aliphatic carbocycles. The van der Waals surface area contributed by atoms with Crippen LogP contribution in [0.15, 0.2) is 22.7 Å². The highest BCUT2D eigenvalue weighted by Gasteiger charge is 2.11. The van der Waals surface area contributed by atoms with Crippen LogP contribution in [0.4, 0.5) is 11.4 Å². The summed E-state index contributed by atoms with van der Waals surface area (Å²) < 4.78 is 0.932. The highest BCUT2D eigenvalue weighted by atomic mass is 79.9. The van der Waals surface area contributed by atoms with Crippen LogP contribution in [0, 0.1) is 0 Å². The van der Waals surface area contributed by atoms with Gasteiger partial charge < -0.3 is 16.0 Å².